The highest BCUT2D eigenvalue weighted by Gasteiger charge is 2.28. The number of anilines is 1. The minimum atomic E-state index is -0.991. The van der Waals surface area contributed by atoms with Gasteiger partial charge in [0.15, 0.2) is 0 Å². The van der Waals surface area contributed by atoms with E-state index >= 15 is 0 Å². The standard InChI is InChI=1S/C21H18Cl2N6O2/c22-15-4-3-14-17(27-9-7-24-12-27)10-18(26-20(14)19(15)23)28-8-1-2-13(28)11-29-16(21(30)31)5-6-25-29/h3-7,9-10,12-13H,1-2,8,11H2,(H,30,31). The average Bonchev–Trinajstić information content (AvgIpc) is 3.52. The van der Waals surface area contributed by atoms with Gasteiger partial charge in [0, 0.05) is 36.6 Å². The van der Waals surface area contributed by atoms with E-state index in [0.717, 1.165) is 36.3 Å². The fourth-order valence-corrected chi connectivity index (χ4v) is 4.51. The summed E-state index contributed by atoms with van der Waals surface area (Å²) in [6.07, 6.45) is 8.69. The molecule has 1 aromatic carbocycles. The van der Waals surface area contributed by atoms with E-state index in [2.05, 4.69) is 15.0 Å². The van der Waals surface area contributed by atoms with Gasteiger partial charge in [0.1, 0.15) is 11.5 Å². The molecule has 5 rings (SSSR count). The molecule has 4 heterocycles. The molecule has 0 bridgehead atoms. The maximum atomic E-state index is 11.5. The van der Waals surface area contributed by atoms with E-state index < -0.39 is 5.97 Å². The molecule has 0 spiro atoms. The van der Waals surface area contributed by atoms with Gasteiger partial charge in [0.05, 0.1) is 40.2 Å². The van der Waals surface area contributed by atoms with Gasteiger partial charge in [-0.25, -0.2) is 14.8 Å². The van der Waals surface area contributed by atoms with Crippen molar-refractivity contribution in [2.24, 2.45) is 0 Å². The summed E-state index contributed by atoms with van der Waals surface area (Å²) in [5.41, 5.74) is 1.69. The third-order valence-electron chi connectivity index (χ3n) is 5.61. The highest BCUT2D eigenvalue weighted by Crippen LogP contribution is 2.36. The van der Waals surface area contributed by atoms with Crippen molar-refractivity contribution in [3.8, 4) is 5.69 Å². The topological polar surface area (TPSA) is 89.1 Å². The van der Waals surface area contributed by atoms with Crippen molar-refractivity contribution < 1.29 is 9.90 Å². The number of aromatic nitrogens is 5. The van der Waals surface area contributed by atoms with Crippen molar-refractivity contribution in [2.45, 2.75) is 25.4 Å². The highest BCUT2D eigenvalue weighted by atomic mass is 35.5. The molecule has 8 nitrogen and oxygen atoms in total. The van der Waals surface area contributed by atoms with Crippen LogP contribution in [-0.4, -0.2) is 48.0 Å². The quantitative estimate of drug-likeness (QED) is 0.481. The van der Waals surface area contributed by atoms with Crippen molar-refractivity contribution >= 4 is 45.9 Å². The number of halogens is 2. The number of carboxylic acids is 1. The Balaban J connectivity index is 1.59. The molecule has 1 saturated heterocycles. The Labute approximate surface area is 187 Å². The third-order valence-corrected chi connectivity index (χ3v) is 6.40. The Morgan fingerprint density at radius 1 is 1.23 bits per heavy atom. The van der Waals surface area contributed by atoms with Crippen molar-refractivity contribution in [1.29, 1.82) is 0 Å². The van der Waals surface area contributed by atoms with Crippen molar-refractivity contribution in [3.63, 3.8) is 0 Å². The number of carboxylic acid groups (broad SMARTS) is 1. The first-order valence-electron chi connectivity index (χ1n) is 9.82. The molecule has 4 aromatic rings. The van der Waals surface area contributed by atoms with Gasteiger partial charge in [-0.15, -0.1) is 0 Å². The van der Waals surface area contributed by atoms with Crippen LogP contribution >= 0.6 is 23.2 Å². The van der Waals surface area contributed by atoms with Crippen LogP contribution in [0.1, 0.15) is 23.3 Å². The third kappa shape index (κ3) is 3.51. The molecule has 0 radical (unpaired) electrons. The molecule has 1 fully saturated rings. The second kappa shape index (κ2) is 7.86. The normalized spacial score (nSPS) is 16.3. The molecule has 31 heavy (non-hydrogen) atoms. The summed E-state index contributed by atoms with van der Waals surface area (Å²) in [6, 6.07) is 7.23. The Hall–Kier alpha value is -3.10. The maximum Gasteiger partial charge on any atom is 0.354 e. The molecule has 0 aliphatic carbocycles. The molecule has 1 aliphatic heterocycles. The summed E-state index contributed by atoms with van der Waals surface area (Å²) in [6.45, 7) is 1.26. The zero-order chi connectivity index (χ0) is 21.5. The van der Waals surface area contributed by atoms with Gasteiger partial charge in [0.2, 0.25) is 0 Å². The molecule has 10 heteroatoms. The predicted octanol–water partition coefficient (Wildman–Crippen LogP) is 4.29. The lowest BCUT2D eigenvalue weighted by Crippen LogP contribution is -2.34. The van der Waals surface area contributed by atoms with Crippen molar-refractivity contribution in [3.05, 3.63) is 64.9 Å². The minimum absolute atomic E-state index is 0.0524. The summed E-state index contributed by atoms with van der Waals surface area (Å²) < 4.78 is 3.45. The van der Waals surface area contributed by atoms with Crippen molar-refractivity contribution in [2.75, 3.05) is 11.4 Å². The van der Waals surface area contributed by atoms with E-state index in [-0.39, 0.29) is 11.7 Å². The van der Waals surface area contributed by atoms with Crippen LogP contribution in [0.25, 0.3) is 16.6 Å². The summed E-state index contributed by atoms with van der Waals surface area (Å²) >= 11 is 12.8. The van der Waals surface area contributed by atoms with Gasteiger partial charge >= 0.3 is 5.97 Å². The Morgan fingerprint density at radius 2 is 2.10 bits per heavy atom. The summed E-state index contributed by atoms with van der Waals surface area (Å²) in [7, 11) is 0. The van der Waals surface area contributed by atoms with Gasteiger partial charge in [-0.1, -0.05) is 23.2 Å². The molecule has 1 atom stereocenters. The van der Waals surface area contributed by atoms with Gasteiger partial charge in [-0.2, -0.15) is 5.10 Å². The van der Waals surface area contributed by atoms with Gasteiger partial charge in [-0.05, 0) is 31.0 Å². The average molecular weight is 457 g/mol. The molecule has 1 aliphatic rings. The Morgan fingerprint density at radius 3 is 2.87 bits per heavy atom. The largest absolute Gasteiger partial charge is 0.477 e. The number of nitrogens with zero attached hydrogens (tertiary/aromatic N) is 6. The second-order valence-electron chi connectivity index (χ2n) is 7.42. The zero-order valence-electron chi connectivity index (χ0n) is 16.3. The number of carbonyl (C=O) groups is 1. The number of hydrogen-bond acceptors (Lipinski definition) is 5. The number of imidazole rings is 1. The molecule has 1 unspecified atom stereocenters. The molecule has 3 aromatic heterocycles. The van der Waals surface area contributed by atoms with Gasteiger partial charge in [-0.3, -0.25) is 4.68 Å². The predicted molar refractivity (Wildman–Crippen MR) is 118 cm³/mol. The molecular weight excluding hydrogens is 439 g/mol. The van der Waals surface area contributed by atoms with E-state index in [9.17, 15) is 9.90 Å². The monoisotopic (exact) mass is 456 g/mol. The zero-order valence-corrected chi connectivity index (χ0v) is 17.8. The number of rotatable bonds is 5. The van der Waals surface area contributed by atoms with Crippen LogP contribution in [0.5, 0.6) is 0 Å². The Kier molecular flexibility index (Phi) is 5.03. The molecule has 0 amide bonds. The van der Waals surface area contributed by atoms with Crippen LogP contribution in [-0.2, 0) is 6.54 Å². The lowest BCUT2D eigenvalue weighted by atomic mass is 10.1. The summed E-state index contributed by atoms with van der Waals surface area (Å²) in [5.74, 6) is -0.235. The van der Waals surface area contributed by atoms with E-state index in [1.807, 2.05) is 22.9 Å². The molecule has 0 saturated carbocycles. The van der Waals surface area contributed by atoms with E-state index in [1.54, 1.807) is 18.6 Å². The second-order valence-corrected chi connectivity index (χ2v) is 8.21. The maximum absolute atomic E-state index is 11.5. The summed E-state index contributed by atoms with van der Waals surface area (Å²) in [5, 5.41) is 15.3. The van der Waals surface area contributed by atoms with Crippen molar-refractivity contribution in [1.82, 2.24) is 24.3 Å². The van der Waals surface area contributed by atoms with E-state index in [4.69, 9.17) is 28.2 Å². The van der Waals surface area contributed by atoms with Crippen LogP contribution in [0, 0.1) is 0 Å². The van der Waals surface area contributed by atoms with Crippen LogP contribution in [0.3, 0.4) is 0 Å². The number of benzene rings is 1. The van der Waals surface area contributed by atoms with Crippen LogP contribution in [0.4, 0.5) is 5.82 Å². The minimum Gasteiger partial charge on any atom is -0.477 e. The Bertz CT molecular complexity index is 1270. The summed E-state index contributed by atoms with van der Waals surface area (Å²) in [4.78, 5) is 22.7. The number of fused-ring (bicyclic) bond motifs is 1. The first-order valence-corrected chi connectivity index (χ1v) is 10.6. The van der Waals surface area contributed by atoms with Gasteiger partial charge < -0.3 is 14.6 Å². The fourth-order valence-electron chi connectivity index (χ4n) is 4.15. The molecular formula is C21H18Cl2N6O2. The van der Waals surface area contributed by atoms with Gasteiger partial charge in [0.25, 0.3) is 0 Å². The molecule has 158 valence electrons. The number of hydrogen-bond donors (Lipinski definition) is 1. The van der Waals surface area contributed by atoms with E-state index in [0.29, 0.717) is 22.1 Å². The SMILES string of the molecule is O=C(O)c1ccnn1CC1CCCN1c1cc(-n2ccnc2)c2ccc(Cl)c(Cl)c2n1. The van der Waals surface area contributed by atoms with Crippen LogP contribution in [0.2, 0.25) is 10.0 Å². The first kappa shape index (κ1) is 19.8. The molecule has 1 N–H and O–H groups in total. The van der Waals surface area contributed by atoms with Crippen LogP contribution < -0.4 is 4.90 Å². The lowest BCUT2D eigenvalue weighted by Gasteiger charge is -2.27. The van der Waals surface area contributed by atoms with E-state index in [1.165, 1.54) is 16.9 Å². The lowest BCUT2D eigenvalue weighted by molar-refractivity contribution is 0.0682. The number of aromatic carboxylic acids is 1. The van der Waals surface area contributed by atoms with Crippen LogP contribution in [0.15, 0.2) is 49.2 Å². The fraction of sp³-hybridized carbons (Fsp3) is 0.238. The smallest absolute Gasteiger partial charge is 0.354 e. The highest BCUT2D eigenvalue weighted by molar-refractivity contribution is 6.45. The first-order chi connectivity index (χ1) is 15.0. The number of pyridine rings is 1.